The van der Waals surface area contributed by atoms with E-state index in [1.165, 1.54) is 0 Å². The van der Waals surface area contributed by atoms with Gasteiger partial charge in [-0.05, 0) is 37.5 Å². The highest BCUT2D eigenvalue weighted by molar-refractivity contribution is 5.83. The minimum Gasteiger partial charge on any atom is -0.465 e. The quantitative estimate of drug-likeness (QED) is 0.766. The Hall–Kier alpha value is -1.82. The van der Waals surface area contributed by atoms with Crippen molar-refractivity contribution in [2.24, 2.45) is 5.92 Å². The maximum absolute atomic E-state index is 12.2. The number of ether oxygens (including phenoxy) is 1. The van der Waals surface area contributed by atoms with Crippen LogP contribution in [-0.2, 0) is 14.9 Å². The van der Waals surface area contributed by atoms with Crippen LogP contribution in [-0.4, -0.2) is 12.6 Å². The summed E-state index contributed by atoms with van der Waals surface area (Å²) in [5, 5.41) is 8.94. The van der Waals surface area contributed by atoms with Gasteiger partial charge < -0.3 is 4.74 Å². The summed E-state index contributed by atoms with van der Waals surface area (Å²) in [6.07, 6.45) is 0. The molecule has 18 heavy (non-hydrogen) atoms. The molecule has 0 amide bonds. The highest BCUT2D eigenvalue weighted by Gasteiger charge is 2.39. The number of rotatable bonds is 4. The summed E-state index contributed by atoms with van der Waals surface area (Å²) >= 11 is 0. The number of nitrogens with zero attached hydrogens (tertiary/aromatic N) is 1. The minimum atomic E-state index is -0.719. The molecule has 1 aromatic carbocycles. The molecule has 0 N–H and O–H groups in total. The Kier molecular flexibility index (Phi) is 4.49. The summed E-state index contributed by atoms with van der Waals surface area (Å²) in [6.45, 7) is 7.99. The molecule has 0 saturated carbocycles. The van der Waals surface area contributed by atoms with E-state index in [4.69, 9.17) is 10.00 Å². The van der Waals surface area contributed by atoms with Gasteiger partial charge in [-0.15, -0.1) is 0 Å². The van der Waals surface area contributed by atoms with Gasteiger partial charge in [-0.3, -0.25) is 4.79 Å². The maximum atomic E-state index is 12.2. The van der Waals surface area contributed by atoms with E-state index in [0.717, 1.165) is 5.56 Å². The lowest BCUT2D eigenvalue weighted by Crippen LogP contribution is -2.39. The van der Waals surface area contributed by atoms with Crippen LogP contribution in [0.25, 0.3) is 0 Å². The lowest BCUT2D eigenvalue weighted by atomic mass is 9.73. The van der Waals surface area contributed by atoms with E-state index in [0.29, 0.717) is 12.2 Å². The number of benzene rings is 1. The number of esters is 1. The Morgan fingerprint density at radius 2 is 2.17 bits per heavy atom. The van der Waals surface area contributed by atoms with E-state index in [1.807, 2.05) is 26.8 Å². The van der Waals surface area contributed by atoms with Gasteiger partial charge in [0, 0.05) is 0 Å². The first-order valence-corrected chi connectivity index (χ1v) is 6.14. The van der Waals surface area contributed by atoms with E-state index in [-0.39, 0.29) is 11.9 Å². The van der Waals surface area contributed by atoms with Crippen molar-refractivity contribution in [3.05, 3.63) is 35.4 Å². The van der Waals surface area contributed by atoms with Crippen LogP contribution in [0.5, 0.6) is 0 Å². The van der Waals surface area contributed by atoms with Crippen molar-refractivity contribution in [3.8, 4) is 6.07 Å². The van der Waals surface area contributed by atoms with E-state index in [9.17, 15) is 4.79 Å². The van der Waals surface area contributed by atoms with Crippen molar-refractivity contribution < 1.29 is 9.53 Å². The molecule has 0 saturated heterocycles. The van der Waals surface area contributed by atoms with E-state index in [2.05, 4.69) is 6.07 Å². The van der Waals surface area contributed by atoms with Crippen molar-refractivity contribution in [1.29, 1.82) is 5.26 Å². The van der Waals surface area contributed by atoms with E-state index >= 15 is 0 Å². The molecule has 0 bridgehead atoms. The van der Waals surface area contributed by atoms with Crippen LogP contribution >= 0.6 is 0 Å². The second kappa shape index (κ2) is 5.68. The van der Waals surface area contributed by atoms with Crippen molar-refractivity contribution in [2.45, 2.75) is 33.1 Å². The Morgan fingerprint density at radius 3 is 2.67 bits per heavy atom. The number of hydrogen-bond donors (Lipinski definition) is 0. The summed E-state index contributed by atoms with van der Waals surface area (Å²) in [6, 6.07) is 9.26. The first-order valence-electron chi connectivity index (χ1n) is 6.14. The molecule has 3 nitrogen and oxygen atoms in total. The number of nitriles is 1. The number of hydrogen-bond acceptors (Lipinski definition) is 3. The molecule has 0 spiro atoms. The van der Waals surface area contributed by atoms with Gasteiger partial charge in [0.2, 0.25) is 0 Å². The van der Waals surface area contributed by atoms with Crippen molar-refractivity contribution in [1.82, 2.24) is 0 Å². The van der Waals surface area contributed by atoms with Gasteiger partial charge in [-0.2, -0.15) is 5.26 Å². The molecule has 0 heterocycles. The van der Waals surface area contributed by atoms with Gasteiger partial charge in [0.25, 0.3) is 0 Å². The highest BCUT2D eigenvalue weighted by Crippen LogP contribution is 2.33. The first-order chi connectivity index (χ1) is 8.46. The van der Waals surface area contributed by atoms with Gasteiger partial charge >= 0.3 is 5.97 Å². The summed E-state index contributed by atoms with van der Waals surface area (Å²) in [5.41, 5.74) is 0.668. The Bertz CT molecular complexity index is 474. The predicted octanol–water partition coefficient (Wildman–Crippen LogP) is 3.04. The fraction of sp³-hybridized carbons (Fsp3) is 0.467. The maximum Gasteiger partial charge on any atom is 0.316 e. The standard InChI is InChI=1S/C15H19NO2/c1-5-18-14(17)15(4,11(2)3)13-8-6-7-12(9-13)10-16/h6-9,11H,5H2,1-4H3. The van der Waals surface area contributed by atoms with Crippen LogP contribution in [0.4, 0.5) is 0 Å². The molecular weight excluding hydrogens is 226 g/mol. The Balaban J connectivity index is 3.27. The fourth-order valence-electron chi connectivity index (χ4n) is 1.88. The van der Waals surface area contributed by atoms with Crippen LogP contribution in [0.2, 0.25) is 0 Å². The molecule has 0 aliphatic rings. The lowest BCUT2D eigenvalue weighted by Gasteiger charge is -2.31. The average Bonchev–Trinajstić information content (AvgIpc) is 2.37. The first kappa shape index (κ1) is 14.2. The molecule has 1 aromatic rings. The third kappa shape index (κ3) is 2.53. The third-order valence-corrected chi connectivity index (χ3v) is 3.45. The summed E-state index contributed by atoms with van der Waals surface area (Å²) in [4.78, 5) is 12.2. The smallest absolute Gasteiger partial charge is 0.316 e. The molecule has 0 aromatic heterocycles. The minimum absolute atomic E-state index is 0.0884. The largest absolute Gasteiger partial charge is 0.465 e. The van der Waals surface area contributed by atoms with Gasteiger partial charge in [-0.1, -0.05) is 26.0 Å². The summed E-state index contributed by atoms with van der Waals surface area (Å²) < 4.78 is 5.17. The van der Waals surface area contributed by atoms with Crippen molar-refractivity contribution in [3.63, 3.8) is 0 Å². The molecule has 0 fully saturated rings. The van der Waals surface area contributed by atoms with Crippen LogP contribution in [0.3, 0.4) is 0 Å². The molecule has 0 radical (unpaired) electrons. The molecule has 3 heteroatoms. The molecule has 0 aliphatic carbocycles. The van der Waals surface area contributed by atoms with Gasteiger partial charge in [-0.25, -0.2) is 0 Å². The molecule has 1 rings (SSSR count). The predicted molar refractivity (Wildman–Crippen MR) is 70.0 cm³/mol. The van der Waals surface area contributed by atoms with Crippen LogP contribution < -0.4 is 0 Å². The third-order valence-electron chi connectivity index (χ3n) is 3.45. The summed E-state index contributed by atoms with van der Waals surface area (Å²) in [7, 11) is 0. The number of carbonyl (C=O) groups is 1. The Morgan fingerprint density at radius 1 is 1.50 bits per heavy atom. The monoisotopic (exact) mass is 245 g/mol. The van der Waals surface area contributed by atoms with Crippen molar-refractivity contribution >= 4 is 5.97 Å². The van der Waals surface area contributed by atoms with Crippen molar-refractivity contribution in [2.75, 3.05) is 6.61 Å². The molecular formula is C15H19NO2. The van der Waals surface area contributed by atoms with Crippen LogP contribution in [0, 0.1) is 17.2 Å². The van der Waals surface area contributed by atoms with Crippen LogP contribution in [0.15, 0.2) is 24.3 Å². The molecule has 1 atom stereocenters. The van der Waals surface area contributed by atoms with Gasteiger partial charge in [0.1, 0.15) is 0 Å². The second-order valence-electron chi connectivity index (χ2n) is 4.77. The molecule has 96 valence electrons. The zero-order chi connectivity index (χ0) is 13.8. The van der Waals surface area contributed by atoms with Gasteiger partial charge in [0.15, 0.2) is 0 Å². The second-order valence-corrected chi connectivity index (χ2v) is 4.77. The average molecular weight is 245 g/mol. The zero-order valence-electron chi connectivity index (χ0n) is 11.4. The van der Waals surface area contributed by atoms with Crippen LogP contribution in [0.1, 0.15) is 38.8 Å². The number of carbonyl (C=O) groups excluding carboxylic acids is 1. The van der Waals surface area contributed by atoms with Gasteiger partial charge in [0.05, 0.1) is 23.7 Å². The summed E-state index contributed by atoms with van der Waals surface area (Å²) in [5.74, 6) is -0.152. The SMILES string of the molecule is CCOC(=O)C(C)(c1cccc(C#N)c1)C(C)C. The van der Waals surface area contributed by atoms with E-state index < -0.39 is 5.41 Å². The molecule has 1 unspecified atom stereocenters. The topological polar surface area (TPSA) is 50.1 Å². The zero-order valence-corrected chi connectivity index (χ0v) is 11.4. The highest BCUT2D eigenvalue weighted by atomic mass is 16.5. The van der Waals surface area contributed by atoms with E-state index in [1.54, 1.807) is 25.1 Å². The normalized spacial score (nSPS) is 13.8. The fourth-order valence-corrected chi connectivity index (χ4v) is 1.88. The molecule has 0 aliphatic heterocycles. The Labute approximate surface area is 108 Å². The lowest BCUT2D eigenvalue weighted by molar-refractivity contribution is -0.151.